The Morgan fingerprint density at radius 3 is 2.47 bits per heavy atom. The normalized spacial score (nSPS) is 22.0. The van der Waals surface area contributed by atoms with Crippen molar-refractivity contribution in [3.8, 4) is 0 Å². The van der Waals surface area contributed by atoms with E-state index in [1.54, 1.807) is 20.8 Å². The minimum Gasteiger partial charge on any atom is -0.444 e. The first-order chi connectivity index (χ1) is 6.83. The van der Waals surface area contributed by atoms with Crippen LogP contribution in [0.15, 0.2) is 0 Å². The summed E-state index contributed by atoms with van der Waals surface area (Å²) in [4.78, 5) is 24.2. The summed E-state index contributed by atoms with van der Waals surface area (Å²) >= 11 is 0. The lowest BCUT2D eigenvalue weighted by Gasteiger charge is -2.23. The number of likely N-dealkylation sites (tertiary alicyclic amines) is 1. The van der Waals surface area contributed by atoms with E-state index in [-0.39, 0.29) is 18.9 Å². The number of nitrogens with zero attached hydrogens (tertiary/aromatic N) is 1. The minimum absolute atomic E-state index is 0.0768. The van der Waals surface area contributed by atoms with Gasteiger partial charge in [0.1, 0.15) is 11.7 Å². The first-order valence-corrected chi connectivity index (χ1v) is 4.87. The molecule has 0 aliphatic carbocycles. The van der Waals surface area contributed by atoms with Crippen molar-refractivity contribution in [2.75, 3.05) is 20.2 Å². The van der Waals surface area contributed by atoms with Gasteiger partial charge in [-0.25, -0.2) is 4.79 Å². The van der Waals surface area contributed by atoms with Crippen molar-refractivity contribution in [1.29, 1.82) is 0 Å². The number of hydrogen-bond acceptors (Lipinski definition) is 4. The van der Waals surface area contributed by atoms with Crippen LogP contribution in [0.5, 0.6) is 0 Å². The number of carbonyl (C=O) groups excluding carboxylic acids is 2. The molecule has 0 aromatic heterocycles. The van der Waals surface area contributed by atoms with Gasteiger partial charge in [-0.3, -0.25) is 9.69 Å². The summed E-state index contributed by atoms with van der Waals surface area (Å²) < 4.78 is 10.1. The van der Waals surface area contributed by atoms with Crippen LogP contribution in [0.3, 0.4) is 0 Å². The summed E-state index contributed by atoms with van der Waals surface area (Å²) in [5.41, 5.74) is -0.536. The van der Waals surface area contributed by atoms with Gasteiger partial charge in [-0.2, -0.15) is 0 Å². The fourth-order valence-electron chi connectivity index (χ4n) is 1.33. The van der Waals surface area contributed by atoms with E-state index in [4.69, 9.17) is 9.47 Å². The molecule has 15 heavy (non-hydrogen) atoms. The van der Waals surface area contributed by atoms with Gasteiger partial charge in [0, 0.05) is 7.11 Å². The second-order valence-electron chi connectivity index (χ2n) is 4.55. The first kappa shape index (κ1) is 12.0. The van der Waals surface area contributed by atoms with Crippen LogP contribution in [0.2, 0.25) is 0 Å². The lowest BCUT2D eigenvalue weighted by Crippen LogP contribution is -2.36. The lowest BCUT2D eigenvalue weighted by molar-refractivity contribution is -0.124. The van der Waals surface area contributed by atoms with E-state index in [0.29, 0.717) is 0 Å². The molecule has 1 amide bonds. The minimum atomic E-state index is -0.536. The van der Waals surface area contributed by atoms with E-state index in [1.165, 1.54) is 12.0 Å². The Bertz CT molecular complexity index is 269. The third-order valence-electron chi connectivity index (χ3n) is 2.03. The highest BCUT2D eigenvalue weighted by atomic mass is 16.6. The van der Waals surface area contributed by atoms with E-state index in [1.807, 2.05) is 0 Å². The van der Waals surface area contributed by atoms with E-state index >= 15 is 0 Å². The summed E-state index contributed by atoms with van der Waals surface area (Å²) in [6.45, 7) is 5.72. The molecule has 1 rings (SSSR count). The van der Waals surface area contributed by atoms with Crippen molar-refractivity contribution in [3.63, 3.8) is 0 Å². The van der Waals surface area contributed by atoms with Crippen LogP contribution in [0.25, 0.3) is 0 Å². The molecule has 5 nitrogen and oxygen atoms in total. The number of hydrogen-bond donors (Lipinski definition) is 0. The molecule has 0 saturated carbocycles. The first-order valence-electron chi connectivity index (χ1n) is 4.87. The summed E-state index contributed by atoms with van der Waals surface area (Å²) in [6.07, 6.45) is -0.965. The van der Waals surface area contributed by atoms with E-state index in [9.17, 15) is 9.59 Å². The average molecular weight is 215 g/mol. The Morgan fingerprint density at radius 1 is 1.47 bits per heavy atom. The van der Waals surface area contributed by atoms with Crippen molar-refractivity contribution in [1.82, 2.24) is 4.90 Å². The van der Waals surface area contributed by atoms with Crippen LogP contribution in [-0.2, 0) is 14.3 Å². The molecule has 1 aliphatic heterocycles. The van der Waals surface area contributed by atoms with E-state index < -0.39 is 17.8 Å². The third-order valence-corrected chi connectivity index (χ3v) is 2.03. The Morgan fingerprint density at radius 2 is 2.07 bits per heavy atom. The highest BCUT2D eigenvalue weighted by Crippen LogP contribution is 2.14. The molecule has 1 atom stereocenters. The van der Waals surface area contributed by atoms with Crippen LogP contribution in [0.4, 0.5) is 4.79 Å². The van der Waals surface area contributed by atoms with Gasteiger partial charge in [0.15, 0.2) is 5.78 Å². The Kier molecular flexibility index (Phi) is 3.34. The van der Waals surface area contributed by atoms with Gasteiger partial charge in [-0.1, -0.05) is 0 Å². The highest BCUT2D eigenvalue weighted by molar-refractivity contribution is 5.91. The molecule has 1 saturated heterocycles. The molecule has 0 aromatic carbocycles. The number of rotatable bonds is 1. The smallest absolute Gasteiger partial charge is 0.410 e. The zero-order valence-electron chi connectivity index (χ0n) is 9.57. The summed E-state index contributed by atoms with van der Waals surface area (Å²) in [6, 6.07) is 0. The fourth-order valence-corrected chi connectivity index (χ4v) is 1.33. The molecule has 0 bridgehead atoms. The topological polar surface area (TPSA) is 55.8 Å². The summed E-state index contributed by atoms with van der Waals surface area (Å²) in [5.74, 6) is -0.0802. The maximum Gasteiger partial charge on any atom is 0.410 e. The van der Waals surface area contributed by atoms with E-state index in [0.717, 1.165) is 0 Å². The van der Waals surface area contributed by atoms with Crippen LogP contribution in [-0.4, -0.2) is 48.7 Å². The van der Waals surface area contributed by atoms with Crippen molar-refractivity contribution in [2.24, 2.45) is 0 Å². The molecule has 1 fully saturated rings. The molecule has 0 radical (unpaired) electrons. The molecule has 5 heteroatoms. The van der Waals surface area contributed by atoms with Gasteiger partial charge < -0.3 is 9.47 Å². The predicted octanol–water partition coefficient (Wildman–Crippen LogP) is 0.821. The quantitative estimate of drug-likeness (QED) is 0.650. The molecule has 0 spiro atoms. The standard InChI is InChI=1S/C10H17NO4/c1-10(2,3)15-9(13)11-5-7(12)8(6-11)14-4/h8H,5-6H2,1-4H3/t8-/m1/s1. The predicted molar refractivity (Wildman–Crippen MR) is 53.6 cm³/mol. The largest absolute Gasteiger partial charge is 0.444 e. The van der Waals surface area contributed by atoms with Gasteiger partial charge in [-0.15, -0.1) is 0 Å². The summed E-state index contributed by atoms with van der Waals surface area (Å²) in [7, 11) is 1.46. The third kappa shape index (κ3) is 3.20. The van der Waals surface area contributed by atoms with Crippen LogP contribution < -0.4 is 0 Å². The molecule has 0 unspecified atom stereocenters. The summed E-state index contributed by atoms with van der Waals surface area (Å²) in [5, 5.41) is 0. The number of ether oxygens (including phenoxy) is 2. The number of ketones is 1. The molecular weight excluding hydrogens is 198 g/mol. The van der Waals surface area contributed by atoms with Gasteiger partial charge in [0.25, 0.3) is 0 Å². The Hall–Kier alpha value is -1.10. The zero-order chi connectivity index (χ0) is 11.6. The molecular formula is C10H17NO4. The molecule has 86 valence electrons. The van der Waals surface area contributed by atoms with Crippen LogP contribution in [0, 0.1) is 0 Å². The lowest BCUT2D eigenvalue weighted by atomic mass is 10.2. The number of Topliss-reactive ketones (excluding diaryl/α,β-unsaturated/α-hetero) is 1. The zero-order valence-corrected chi connectivity index (χ0v) is 9.57. The van der Waals surface area contributed by atoms with Crippen molar-refractivity contribution in [2.45, 2.75) is 32.5 Å². The van der Waals surface area contributed by atoms with Gasteiger partial charge in [0.05, 0.1) is 13.1 Å². The SMILES string of the molecule is CO[C@@H]1CN(C(=O)OC(C)(C)C)CC1=O. The maximum atomic E-state index is 11.6. The number of carbonyl (C=O) groups is 2. The second-order valence-corrected chi connectivity index (χ2v) is 4.55. The molecule has 1 heterocycles. The van der Waals surface area contributed by atoms with Gasteiger partial charge in [0.2, 0.25) is 0 Å². The molecule has 0 N–H and O–H groups in total. The second kappa shape index (κ2) is 4.18. The number of methoxy groups -OCH3 is 1. The number of amides is 1. The maximum absolute atomic E-state index is 11.6. The fraction of sp³-hybridized carbons (Fsp3) is 0.800. The van der Waals surface area contributed by atoms with Crippen molar-refractivity contribution >= 4 is 11.9 Å². The Balaban J connectivity index is 2.53. The highest BCUT2D eigenvalue weighted by Gasteiger charge is 2.35. The van der Waals surface area contributed by atoms with Crippen LogP contribution >= 0.6 is 0 Å². The monoisotopic (exact) mass is 215 g/mol. The van der Waals surface area contributed by atoms with E-state index in [2.05, 4.69) is 0 Å². The van der Waals surface area contributed by atoms with Crippen molar-refractivity contribution < 1.29 is 19.1 Å². The van der Waals surface area contributed by atoms with Gasteiger partial charge in [-0.05, 0) is 20.8 Å². The van der Waals surface area contributed by atoms with Crippen LogP contribution in [0.1, 0.15) is 20.8 Å². The molecule has 0 aromatic rings. The van der Waals surface area contributed by atoms with Gasteiger partial charge >= 0.3 is 6.09 Å². The van der Waals surface area contributed by atoms with Crippen molar-refractivity contribution in [3.05, 3.63) is 0 Å². The molecule has 1 aliphatic rings. The Labute approximate surface area is 89.3 Å². The average Bonchev–Trinajstić information content (AvgIpc) is 2.43.